The van der Waals surface area contributed by atoms with Gasteiger partial charge in [-0.2, -0.15) is 0 Å². The molecule has 2 aromatic carbocycles. The van der Waals surface area contributed by atoms with E-state index in [4.69, 9.17) is 9.47 Å². The number of aromatic nitrogens is 4. The summed E-state index contributed by atoms with van der Waals surface area (Å²) in [7, 11) is 4.40. The third kappa shape index (κ3) is 12.7. The Kier molecular flexibility index (Phi) is 16.9. The van der Waals surface area contributed by atoms with Crippen LogP contribution in [0.15, 0.2) is 60.9 Å². The lowest BCUT2D eigenvalue weighted by Gasteiger charge is -2.20. The third-order valence-corrected chi connectivity index (χ3v) is 7.81. The summed E-state index contributed by atoms with van der Waals surface area (Å²) in [6.07, 6.45) is 5.46. The molecule has 0 spiro atoms. The van der Waals surface area contributed by atoms with Gasteiger partial charge in [0.1, 0.15) is 17.7 Å². The van der Waals surface area contributed by atoms with Gasteiger partial charge in [-0.3, -0.25) is 9.59 Å². The largest absolute Gasteiger partial charge is 0.453 e. The van der Waals surface area contributed by atoms with E-state index >= 15 is 0 Å². The molecular formula is C38H53N7O6. The summed E-state index contributed by atoms with van der Waals surface area (Å²) in [6.45, 7) is 9.38. The number of carbonyl (C=O) groups excluding carboxylic acids is 3. The summed E-state index contributed by atoms with van der Waals surface area (Å²) < 4.78 is 14.7. The second kappa shape index (κ2) is 21.3. The summed E-state index contributed by atoms with van der Waals surface area (Å²) in [5.41, 5.74) is 5.74. The summed E-state index contributed by atoms with van der Waals surface area (Å²) in [5.74, 6) is 1.08. The zero-order chi connectivity index (χ0) is 37.2. The fourth-order valence-electron chi connectivity index (χ4n) is 5.10. The fraction of sp³-hybridized carbons (Fsp3) is 0.447. The quantitative estimate of drug-likeness (QED) is 0.0813. The first-order valence-corrected chi connectivity index (χ1v) is 17.3. The van der Waals surface area contributed by atoms with Gasteiger partial charge < -0.3 is 40.1 Å². The van der Waals surface area contributed by atoms with Gasteiger partial charge in [-0.25, -0.2) is 14.8 Å². The van der Waals surface area contributed by atoms with Crippen LogP contribution in [0.3, 0.4) is 0 Å². The number of nitrogens with zero attached hydrogens (tertiary/aromatic N) is 2. The van der Waals surface area contributed by atoms with E-state index in [1.807, 2.05) is 36.4 Å². The zero-order valence-electron chi connectivity index (χ0n) is 30.8. The SMILES string of the molecule is CCC.COCCCC(=O)NC(c1ncc(-c2ccc(-c3ccc(-c4cnc(CNC(=O)C(CCOC)NC(=O)OC)[nH]4)cc3)cc2)[nH]1)C(C)C. The number of hydrogen-bond acceptors (Lipinski definition) is 8. The Labute approximate surface area is 300 Å². The molecule has 51 heavy (non-hydrogen) atoms. The first-order valence-electron chi connectivity index (χ1n) is 17.3. The number of carbonyl (C=O) groups is 3. The summed E-state index contributed by atoms with van der Waals surface area (Å²) >= 11 is 0. The monoisotopic (exact) mass is 703 g/mol. The molecule has 0 fully saturated rings. The van der Waals surface area contributed by atoms with Crippen LogP contribution in [0.1, 0.15) is 71.1 Å². The molecule has 4 aromatic rings. The lowest BCUT2D eigenvalue weighted by atomic mass is 10.0. The van der Waals surface area contributed by atoms with Gasteiger partial charge in [0, 0.05) is 40.3 Å². The highest BCUT2D eigenvalue weighted by Gasteiger charge is 2.22. The first-order chi connectivity index (χ1) is 24.6. The van der Waals surface area contributed by atoms with Crippen LogP contribution in [0.2, 0.25) is 0 Å². The summed E-state index contributed by atoms with van der Waals surface area (Å²) in [4.78, 5) is 52.3. The van der Waals surface area contributed by atoms with Gasteiger partial charge in [-0.05, 0) is 34.6 Å². The maximum atomic E-state index is 12.6. The standard InChI is InChI=1S/C35H45N7O6.C3H8/c1-22(2)32(42-31(43)7-6-17-46-3)33-37-20-29(40-33)26-14-10-24(11-15-26)23-8-12-25(13-9-23)28-19-36-30(39-28)21-38-34(44)27(16-18-47-4)41-35(45)48-5;1-3-2/h8-15,19-20,22,27,32H,6-7,16-18,21H2,1-5H3,(H,36,39)(H,37,40)(H,38,44)(H,41,45)(H,42,43);3H2,1-2H3. The molecule has 13 nitrogen and oxygen atoms in total. The molecule has 0 bridgehead atoms. The predicted octanol–water partition coefficient (Wildman–Crippen LogP) is 6.17. The molecule has 0 aliphatic carbocycles. The number of methoxy groups -OCH3 is 3. The molecule has 3 amide bonds. The molecule has 2 atom stereocenters. The van der Waals surface area contributed by atoms with Crippen LogP contribution < -0.4 is 16.0 Å². The van der Waals surface area contributed by atoms with Crippen LogP contribution in [0, 0.1) is 5.92 Å². The number of benzene rings is 2. The van der Waals surface area contributed by atoms with Gasteiger partial charge in [0.25, 0.3) is 0 Å². The number of ether oxygens (including phenoxy) is 3. The van der Waals surface area contributed by atoms with Crippen molar-refractivity contribution >= 4 is 17.9 Å². The second-order valence-electron chi connectivity index (χ2n) is 12.4. The molecule has 2 aromatic heterocycles. The van der Waals surface area contributed by atoms with Crippen molar-refractivity contribution in [3.8, 4) is 33.6 Å². The van der Waals surface area contributed by atoms with Gasteiger partial charge in [-0.15, -0.1) is 0 Å². The van der Waals surface area contributed by atoms with E-state index < -0.39 is 12.1 Å². The minimum absolute atomic E-state index is 0.0190. The minimum Gasteiger partial charge on any atom is -0.453 e. The molecule has 2 heterocycles. The molecule has 4 rings (SSSR count). The number of imidazole rings is 2. The van der Waals surface area contributed by atoms with Crippen molar-refractivity contribution in [2.45, 2.75) is 72.0 Å². The van der Waals surface area contributed by atoms with E-state index in [0.717, 1.165) is 39.5 Å². The van der Waals surface area contributed by atoms with Gasteiger partial charge >= 0.3 is 6.09 Å². The number of nitrogens with one attached hydrogen (secondary N) is 5. The van der Waals surface area contributed by atoms with Gasteiger partial charge in [0.15, 0.2) is 0 Å². The van der Waals surface area contributed by atoms with Crippen LogP contribution in [0.25, 0.3) is 33.6 Å². The predicted molar refractivity (Wildman–Crippen MR) is 198 cm³/mol. The fourth-order valence-corrected chi connectivity index (χ4v) is 5.10. The smallest absolute Gasteiger partial charge is 0.407 e. The number of rotatable bonds is 17. The van der Waals surface area contributed by atoms with Crippen molar-refractivity contribution in [1.29, 1.82) is 0 Å². The molecule has 0 saturated heterocycles. The first kappa shape index (κ1) is 40.4. The van der Waals surface area contributed by atoms with Gasteiger partial charge in [0.05, 0.1) is 43.5 Å². The van der Waals surface area contributed by atoms with Crippen LogP contribution in [0.5, 0.6) is 0 Å². The Hall–Kier alpha value is -5.01. The highest BCUT2D eigenvalue weighted by molar-refractivity contribution is 5.85. The lowest BCUT2D eigenvalue weighted by molar-refractivity contribution is -0.124. The number of aromatic amines is 2. The van der Waals surface area contributed by atoms with Crippen molar-refractivity contribution in [1.82, 2.24) is 35.9 Å². The Morgan fingerprint density at radius 2 is 1.31 bits per heavy atom. The Morgan fingerprint density at radius 3 is 1.86 bits per heavy atom. The normalized spacial score (nSPS) is 12.0. The number of H-pyrrole nitrogens is 2. The molecule has 2 unspecified atom stereocenters. The number of hydrogen-bond donors (Lipinski definition) is 5. The van der Waals surface area contributed by atoms with Crippen molar-refractivity contribution < 1.29 is 28.6 Å². The van der Waals surface area contributed by atoms with E-state index in [-0.39, 0.29) is 30.3 Å². The highest BCUT2D eigenvalue weighted by Crippen LogP contribution is 2.28. The molecule has 0 saturated carbocycles. The van der Waals surface area contributed by atoms with E-state index in [9.17, 15) is 14.4 Å². The summed E-state index contributed by atoms with van der Waals surface area (Å²) in [6, 6.07) is 15.3. The number of alkyl carbamates (subject to hydrolysis) is 1. The van der Waals surface area contributed by atoms with E-state index in [1.54, 1.807) is 19.5 Å². The van der Waals surface area contributed by atoms with Gasteiger partial charge in [0.2, 0.25) is 11.8 Å². The zero-order valence-corrected chi connectivity index (χ0v) is 30.8. The molecule has 0 radical (unpaired) electrons. The van der Waals surface area contributed by atoms with Gasteiger partial charge in [-0.1, -0.05) is 82.6 Å². The van der Waals surface area contributed by atoms with Crippen molar-refractivity contribution in [3.63, 3.8) is 0 Å². The Bertz CT molecular complexity index is 1630. The van der Waals surface area contributed by atoms with Crippen molar-refractivity contribution in [2.24, 2.45) is 5.92 Å². The highest BCUT2D eigenvalue weighted by atomic mass is 16.5. The number of amides is 3. The Morgan fingerprint density at radius 1 is 0.765 bits per heavy atom. The maximum absolute atomic E-state index is 12.6. The lowest BCUT2D eigenvalue weighted by Crippen LogP contribution is -2.47. The van der Waals surface area contributed by atoms with Crippen LogP contribution in [-0.2, 0) is 30.3 Å². The van der Waals surface area contributed by atoms with Crippen molar-refractivity contribution in [2.75, 3.05) is 34.5 Å². The van der Waals surface area contributed by atoms with Crippen LogP contribution in [0.4, 0.5) is 4.79 Å². The van der Waals surface area contributed by atoms with E-state index in [1.165, 1.54) is 20.6 Å². The minimum atomic E-state index is -0.793. The van der Waals surface area contributed by atoms with E-state index in [0.29, 0.717) is 38.3 Å². The molecule has 0 aliphatic rings. The van der Waals surface area contributed by atoms with Crippen LogP contribution in [-0.4, -0.2) is 78.4 Å². The maximum Gasteiger partial charge on any atom is 0.407 e. The third-order valence-electron chi connectivity index (χ3n) is 7.81. The molecule has 13 heteroatoms. The second-order valence-corrected chi connectivity index (χ2v) is 12.4. The van der Waals surface area contributed by atoms with E-state index in [2.05, 4.69) is 80.5 Å². The molecule has 276 valence electrons. The topological polar surface area (TPSA) is 172 Å². The van der Waals surface area contributed by atoms with Crippen molar-refractivity contribution in [3.05, 3.63) is 72.6 Å². The average molecular weight is 704 g/mol. The Balaban J connectivity index is 0.00000226. The molecule has 0 aliphatic heterocycles. The molecular weight excluding hydrogens is 650 g/mol. The average Bonchev–Trinajstić information content (AvgIpc) is 3.82. The summed E-state index contributed by atoms with van der Waals surface area (Å²) in [5, 5.41) is 8.41. The van der Waals surface area contributed by atoms with Crippen LogP contribution >= 0.6 is 0 Å². The molecule has 5 N–H and O–H groups in total.